The van der Waals surface area contributed by atoms with E-state index in [-0.39, 0.29) is 10.8 Å². The van der Waals surface area contributed by atoms with Crippen molar-refractivity contribution in [3.63, 3.8) is 0 Å². The molecule has 150 valence electrons. The molecule has 1 amide bonds. The monoisotopic (exact) mass is 466 g/mol. The maximum absolute atomic E-state index is 13.2. The standard InChI is InChI=1S/C20H23BrN2O4S/c1-23(27-2)28(25,26)18-11-9-17(10-12-18)22-19(24)20(13-3-4-14-20)15-5-7-16(21)8-6-15/h5-12H,3-4,13-14H2,1-2H3,(H,22,24). The van der Waals surface area contributed by atoms with Crippen LogP contribution in [0.2, 0.25) is 0 Å². The number of carbonyl (C=O) groups excluding carboxylic acids is 1. The van der Waals surface area contributed by atoms with E-state index in [4.69, 9.17) is 4.84 Å². The van der Waals surface area contributed by atoms with Gasteiger partial charge in [-0.05, 0) is 54.8 Å². The Labute approximate surface area is 174 Å². The number of benzene rings is 2. The third kappa shape index (κ3) is 4.00. The van der Waals surface area contributed by atoms with Gasteiger partial charge in [0.25, 0.3) is 10.0 Å². The first-order valence-corrected chi connectivity index (χ1v) is 11.2. The number of halogens is 1. The Hall–Kier alpha value is -1.74. The van der Waals surface area contributed by atoms with Gasteiger partial charge in [0.15, 0.2) is 0 Å². The molecule has 1 saturated carbocycles. The summed E-state index contributed by atoms with van der Waals surface area (Å²) < 4.78 is 26.3. The molecule has 0 spiro atoms. The van der Waals surface area contributed by atoms with Gasteiger partial charge in [0.2, 0.25) is 5.91 Å². The third-order valence-corrected chi connectivity index (χ3v) is 7.52. The highest BCUT2D eigenvalue weighted by atomic mass is 79.9. The summed E-state index contributed by atoms with van der Waals surface area (Å²) in [4.78, 5) is 18.1. The average molecular weight is 467 g/mol. The maximum atomic E-state index is 13.2. The summed E-state index contributed by atoms with van der Waals surface area (Å²) in [5.41, 5.74) is 1.01. The molecule has 1 aliphatic carbocycles. The fourth-order valence-electron chi connectivity index (χ4n) is 3.60. The van der Waals surface area contributed by atoms with Gasteiger partial charge < -0.3 is 5.32 Å². The van der Waals surface area contributed by atoms with E-state index < -0.39 is 15.4 Å². The van der Waals surface area contributed by atoms with Crippen LogP contribution in [-0.2, 0) is 25.1 Å². The van der Waals surface area contributed by atoms with Crippen LogP contribution in [0.1, 0.15) is 31.2 Å². The van der Waals surface area contributed by atoms with E-state index in [9.17, 15) is 13.2 Å². The van der Waals surface area contributed by atoms with Crippen LogP contribution in [0.15, 0.2) is 57.9 Å². The largest absolute Gasteiger partial charge is 0.325 e. The predicted molar refractivity (Wildman–Crippen MR) is 111 cm³/mol. The van der Waals surface area contributed by atoms with E-state index in [0.29, 0.717) is 5.69 Å². The number of hydroxylamine groups is 1. The number of anilines is 1. The first-order chi connectivity index (χ1) is 13.3. The highest BCUT2D eigenvalue weighted by Crippen LogP contribution is 2.42. The predicted octanol–water partition coefficient (Wildman–Crippen LogP) is 4.08. The zero-order valence-corrected chi connectivity index (χ0v) is 18.2. The molecule has 0 bridgehead atoms. The molecule has 1 aliphatic rings. The molecular weight excluding hydrogens is 444 g/mol. The molecule has 2 aromatic carbocycles. The highest BCUT2D eigenvalue weighted by Gasteiger charge is 2.42. The van der Waals surface area contributed by atoms with Crippen LogP contribution in [0.4, 0.5) is 5.69 Å². The first-order valence-electron chi connectivity index (χ1n) is 9.00. The zero-order valence-electron chi connectivity index (χ0n) is 15.8. The molecule has 0 unspecified atom stereocenters. The van der Waals surface area contributed by atoms with Crippen molar-refractivity contribution in [2.24, 2.45) is 0 Å². The lowest BCUT2D eigenvalue weighted by molar-refractivity contribution is -0.121. The van der Waals surface area contributed by atoms with Gasteiger partial charge in [-0.15, -0.1) is 0 Å². The molecule has 3 rings (SSSR count). The van der Waals surface area contributed by atoms with Crippen molar-refractivity contribution in [3.8, 4) is 0 Å². The number of rotatable bonds is 6. The van der Waals surface area contributed by atoms with E-state index in [1.165, 1.54) is 26.3 Å². The molecule has 6 nitrogen and oxygen atoms in total. The van der Waals surface area contributed by atoms with Crippen LogP contribution >= 0.6 is 15.9 Å². The van der Waals surface area contributed by atoms with Gasteiger partial charge in [-0.1, -0.05) is 45.4 Å². The molecular formula is C20H23BrN2O4S. The second-order valence-electron chi connectivity index (χ2n) is 6.87. The van der Waals surface area contributed by atoms with Crippen molar-refractivity contribution in [1.29, 1.82) is 0 Å². The quantitative estimate of drug-likeness (QED) is 0.650. The maximum Gasteiger partial charge on any atom is 0.264 e. The topological polar surface area (TPSA) is 75.7 Å². The van der Waals surface area contributed by atoms with Crippen molar-refractivity contribution < 1.29 is 18.0 Å². The van der Waals surface area contributed by atoms with Crippen molar-refractivity contribution in [2.75, 3.05) is 19.5 Å². The Morgan fingerprint density at radius 3 is 2.18 bits per heavy atom. The number of amides is 1. The molecule has 0 atom stereocenters. The Kier molecular flexibility index (Phi) is 6.24. The Morgan fingerprint density at radius 2 is 1.64 bits per heavy atom. The van der Waals surface area contributed by atoms with E-state index >= 15 is 0 Å². The lowest BCUT2D eigenvalue weighted by atomic mass is 9.78. The summed E-state index contributed by atoms with van der Waals surface area (Å²) >= 11 is 3.44. The minimum absolute atomic E-state index is 0.0584. The molecule has 2 aromatic rings. The third-order valence-electron chi connectivity index (χ3n) is 5.29. The number of nitrogens with zero attached hydrogens (tertiary/aromatic N) is 1. The summed E-state index contributed by atoms with van der Waals surface area (Å²) in [6.07, 6.45) is 3.60. The molecule has 0 heterocycles. The average Bonchev–Trinajstić information content (AvgIpc) is 3.19. The van der Waals surface area contributed by atoms with Crippen molar-refractivity contribution in [2.45, 2.75) is 36.0 Å². The van der Waals surface area contributed by atoms with Crippen LogP contribution in [0.25, 0.3) is 0 Å². The Balaban J connectivity index is 1.82. The zero-order chi connectivity index (χ0) is 20.4. The van der Waals surface area contributed by atoms with Crippen molar-refractivity contribution in [1.82, 2.24) is 4.47 Å². The Morgan fingerprint density at radius 1 is 1.07 bits per heavy atom. The van der Waals surface area contributed by atoms with Gasteiger partial charge >= 0.3 is 0 Å². The fourth-order valence-corrected chi connectivity index (χ4v) is 4.84. The second-order valence-corrected chi connectivity index (χ2v) is 9.72. The van der Waals surface area contributed by atoms with Gasteiger partial charge in [-0.25, -0.2) is 8.42 Å². The number of hydrogen-bond donors (Lipinski definition) is 1. The SMILES string of the molecule is CON(C)S(=O)(=O)c1ccc(NC(=O)C2(c3ccc(Br)cc3)CCCC2)cc1. The summed E-state index contributed by atoms with van der Waals surface area (Å²) in [6.45, 7) is 0. The first kappa shape index (κ1) is 21.0. The van der Waals surface area contributed by atoms with Gasteiger partial charge in [-0.3, -0.25) is 9.63 Å². The lowest BCUT2D eigenvalue weighted by Gasteiger charge is -2.28. The smallest absolute Gasteiger partial charge is 0.264 e. The van der Waals surface area contributed by atoms with E-state index in [1.54, 1.807) is 12.1 Å². The molecule has 0 radical (unpaired) electrons. The molecule has 8 heteroatoms. The fraction of sp³-hybridized carbons (Fsp3) is 0.350. The summed E-state index contributed by atoms with van der Waals surface area (Å²) in [5, 5.41) is 2.97. The van der Waals surface area contributed by atoms with E-state index in [0.717, 1.165) is 40.2 Å². The molecule has 1 fully saturated rings. The van der Waals surface area contributed by atoms with Gasteiger partial charge in [0.1, 0.15) is 0 Å². The highest BCUT2D eigenvalue weighted by molar-refractivity contribution is 9.10. The van der Waals surface area contributed by atoms with Gasteiger partial charge in [0, 0.05) is 17.2 Å². The van der Waals surface area contributed by atoms with Crippen LogP contribution in [0, 0.1) is 0 Å². The number of nitrogens with one attached hydrogen (secondary N) is 1. The van der Waals surface area contributed by atoms with Crippen LogP contribution in [0.3, 0.4) is 0 Å². The molecule has 0 aromatic heterocycles. The lowest BCUT2D eigenvalue weighted by Crippen LogP contribution is -2.38. The number of hydrogen-bond acceptors (Lipinski definition) is 4. The van der Waals surface area contributed by atoms with Gasteiger partial charge in [-0.2, -0.15) is 0 Å². The van der Waals surface area contributed by atoms with Crippen molar-refractivity contribution in [3.05, 3.63) is 58.6 Å². The van der Waals surface area contributed by atoms with E-state index in [2.05, 4.69) is 21.2 Å². The summed E-state index contributed by atoms with van der Waals surface area (Å²) in [5.74, 6) is -0.0584. The van der Waals surface area contributed by atoms with Crippen LogP contribution in [0.5, 0.6) is 0 Å². The minimum Gasteiger partial charge on any atom is -0.325 e. The van der Waals surface area contributed by atoms with Crippen LogP contribution in [-0.4, -0.2) is 33.0 Å². The van der Waals surface area contributed by atoms with Gasteiger partial charge in [0.05, 0.1) is 17.4 Å². The molecule has 28 heavy (non-hydrogen) atoms. The van der Waals surface area contributed by atoms with Crippen LogP contribution < -0.4 is 5.32 Å². The molecule has 0 aliphatic heterocycles. The second kappa shape index (κ2) is 8.32. The van der Waals surface area contributed by atoms with Crippen molar-refractivity contribution >= 4 is 37.5 Å². The summed E-state index contributed by atoms with van der Waals surface area (Å²) in [6, 6.07) is 14.0. The minimum atomic E-state index is -3.72. The summed E-state index contributed by atoms with van der Waals surface area (Å²) in [7, 11) is -1.10. The Bertz CT molecular complexity index is 937. The number of sulfonamides is 1. The molecule has 0 saturated heterocycles. The normalized spacial score (nSPS) is 16.3. The van der Waals surface area contributed by atoms with E-state index in [1.807, 2.05) is 24.3 Å². The number of carbonyl (C=O) groups is 1. The molecule has 1 N–H and O–H groups in total.